The van der Waals surface area contributed by atoms with E-state index < -0.39 is 11.9 Å². The second-order valence-electron chi connectivity index (χ2n) is 15.1. The van der Waals surface area contributed by atoms with Gasteiger partial charge in [-0.25, -0.2) is 0 Å². The number of phenols is 1. The summed E-state index contributed by atoms with van der Waals surface area (Å²) in [5.74, 6) is 0.728. The molecule has 3 heterocycles. The fourth-order valence-electron chi connectivity index (χ4n) is 8.71. The molecule has 4 amide bonds. The lowest BCUT2D eigenvalue weighted by atomic mass is 9.69. The van der Waals surface area contributed by atoms with Crippen LogP contribution in [0.5, 0.6) is 11.5 Å². The Morgan fingerprint density at radius 1 is 0.818 bits per heavy atom. The molecule has 4 aromatic carbocycles. The number of carbonyl (C=O) groups is 4. The van der Waals surface area contributed by atoms with Crippen LogP contribution in [0.25, 0.3) is 0 Å². The van der Waals surface area contributed by atoms with Gasteiger partial charge >= 0.3 is 0 Å². The summed E-state index contributed by atoms with van der Waals surface area (Å²) in [6, 6.07) is 29.9. The van der Waals surface area contributed by atoms with E-state index in [2.05, 4.69) is 81.1 Å². The topological polar surface area (TPSA) is 132 Å². The standard InChI is InChI=1S/C44H47N5O6/c50-34-10-15-37-32(25-34)9-14-36(30-4-2-1-3-5-30)42(37)31-7-11-35(12-8-31)55-23-22-47-18-20-48(21-19-47)28-41(52)45-26-29-6-13-38-33(24-29)27-49(44(38)54)39-16-17-40(51)46-43(39)53/h1-8,10-13,15,24-25,36,39,42,50H,9,14,16-23,26-28H2,(H,45,52)(H,46,51,53)/t36-,39?,42+/m1/s1. The molecule has 1 unspecified atom stereocenters. The predicted octanol–water partition coefficient (Wildman–Crippen LogP) is 4.33. The molecule has 11 nitrogen and oxygen atoms in total. The highest BCUT2D eigenvalue weighted by Crippen LogP contribution is 2.47. The van der Waals surface area contributed by atoms with Gasteiger partial charge in [-0.15, -0.1) is 0 Å². The van der Waals surface area contributed by atoms with Crippen molar-refractivity contribution in [3.8, 4) is 11.5 Å². The summed E-state index contributed by atoms with van der Waals surface area (Å²) in [7, 11) is 0. The van der Waals surface area contributed by atoms with E-state index in [9.17, 15) is 24.3 Å². The number of piperazine rings is 1. The first-order valence-electron chi connectivity index (χ1n) is 19.4. The number of amides is 4. The zero-order valence-electron chi connectivity index (χ0n) is 30.9. The molecule has 0 radical (unpaired) electrons. The van der Waals surface area contributed by atoms with Gasteiger partial charge in [0.15, 0.2) is 0 Å². The van der Waals surface area contributed by atoms with Gasteiger partial charge in [-0.05, 0) is 88.9 Å². The van der Waals surface area contributed by atoms with Crippen molar-refractivity contribution >= 4 is 23.6 Å². The van der Waals surface area contributed by atoms with Crippen molar-refractivity contribution in [3.63, 3.8) is 0 Å². The fourth-order valence-corrected chi connectivity index (χ4v) is 8.71. The SMILES string of the molecule is O=C(CN1CCN(CCOc2ccc([C@@H]3c4ccc(O)cc4CC[C@@H]3c3ccccc3)cc2)CC1)NCc1ccc2c(c1)CN(C1CCC(=O)NC1=O)C2=O. The zero-order valence-corrected chi connectivity index (χ0v) is 30.9. The number of hydrogen-bond acceptors (Lipinski definition) is 8. The van der Waals surface area contributed by atoms with Gasteiger partial charge in [0.1, 0.15) is 24.1 Å². The molecule has 284 valence electrons. The van der Waals surface area contributed by atoms with E-state index >= 15 is 0 Å². The van der Waals surface area contributed by atoms with Crippen LogP contribution in [0.15, 0.2) is 91.0 Å². The number of aryl methyl sites for hydroxylation is 1. The van der Waals surface area contributed by atoms with Crippen molar-refractivity contribution in [1.29, 1.82) is 0 Å². The largest absolute Gasteiger partial charge is 0.508 e. The quantitative estimate of drug-likeness (QED) is 0.194. The fraction of sp³-hybridized carbons (Fsp3) is 0.364. The Bertz CT molecular complexity index is 2060. The monoisotopic (exact) mass is 741 g/mol. The van der Waals surface area contributed by atoms with Crippen LogP contribution in [0, 0.1) is 0 Å². The summed E-state index contributed by atoms with van der Waals surface area (Å²) in [6.45, 7) is 5.66. The average molecular weight is 742 g/mol. The van der Waals surface area contributed by atoms with Gasteiger partial charge in [0, 0.05) is 63.7 Å². The smallest absolute Gasteiger partial charge is 0.255 e. The Labute approximate surface area is 321 Å². The van der Waals surface area contributed by atoms with Crippen LogP contribution in [0.4, 0.5) is 0 Å². The number of hydrogen-bond donors (Lipinski definition) is 3. The molecule has 0 aromatic heterocycles. The summed E-state index contributed by atoms with van der Waals surface area (Å²) in [4.78, 5) is 55.8. The lowest BCUT2D eigenvalue weighted by molar-refractivity contribution is -0.137. The summed E-state index contributed by atoms with van der Waals surface area (Å²) < 4.78 is 6.19. The third-order valence-corrected chi connectivity index (χ3v) is 11.6. The van der Waals surface area contributed by atoms with Crippen molar-refractivity contribution < 1.29 is 29.0 Å². The number of nitrogens with one attached hydrogen (secondary N) is 2. The number of phenolic OH excluding ortho intramolecular Hbond substituents is 1. The second-order valence-corrected chi connectivity index (χ2v) is 15.1. The van der Waals surface area contributed by atoms with Crippen molar-refractivity contribution in [2.75, 3.05) is 45.9 Å². The highest BCUT2D eigenvalue weighted by molar-refractivity contribution is 6.05. The molecule has 0 saturated carbocycles. The van der Waals surface area contributed by atoms with Crippen molar-refractivity contribution in [2.45, 2.75) is 56.7 Å². The van der Waals surface area contributed by atoms with Crippen LogP contribution in [0.1, 0.15) is 74.8 Å². The molecular formula is C44H47N5O6. The summed E-state index contributed by atoms with van der Waals surface area (Å²) in [6.07, 6.45) is 2.51. The normalized spacial score (nSPS) is 21.5. The number of benzene rings is 4. The maximum atomic E-state index is 13.0. The number of nitrogens with zero attached hydrogens (tertiary/aromatic N) is 3. The van der Waals surface area contributed by atoms with E-state index in [4.69, 9.17) is 4.74 Å². The Morgan fingerprint density at radius 2 is 1.60 bits per heavy atom. The predicted molar refractivity (Wildman–Crippen MR) is 207 cm³/mol. The number of fused-ring (bicyclic) bond motifs is 2. The highest BCUT2D eigenvalue weighted by atomic mass is 16.5. The number of rotatable bonds is 11. The molecule has 8 rings (SSSR count). The van der Waals surface area contributed by atoms with Crippen LogP contribution in [-0.4, -0.2) is 95.4 Å². The molecule has 1 aliphatic carbocycles. The van der Waals surface area contributed by atoms with Crippen LogP contribution in [0.2, 0.25) is 0 Å². The second kappa shape index (κ2) is 16.1. The summed E-state index contributed by atoms with van der Waals surface area (Å²) >= 11 is 0. The van der Waals surface area contributed by atoms with Gasteiger partial charge in [-0.2, -0.15) is 0 Å². The molecule has 3 N–H and O–H groups in total. The Morgan fingerprint density at radius 3 is 2.38 bits per heavy atom. The molecule has 0 bridgehead atoms. The molecule has 2 fully saturated rings. The molecule has 55 heavy (non-hydrogen) atoms. The molecule has 0 spiro atoms. The molecule has 4 aliphatic rings. The van der Waals surface area contributed by atoms with Gasteiger partial charge in [0.2, 0.25) is 17.7 Å². The first kappa shape index (κ1) is 36.5. The first-order chi connectivity index (χ1) is 26.8. The van der Waals surface area contributed by atoms with Crippen LogP contribution < -0.4 is 15.4 Å². The van der Waals surface area contributed by atoms with Gasteiger partial charge < -0.3 is 20.1 Å². The number of ether oxygens (including phenoxy) is 1. The minimum atomic E-state index is -0.649. The van der Waals surface area contributed by atoms with Crippen molar-refractivity contribution in [2.24, 2.45) is 0 Å². The summed E-state index contributed by atoms with van der Waals surface area (Å²) in [5.41, 5.74) is 7.35. The summed E-state index contributed by atoms with van der Waals surface area (Å²) in [5, 5.41) is 15.5. The third-order valence-electron chi connectivity index (χ3n) is 11.6. The molecule has 3 aliphatic heterocycles. The van der Waals surface area contributed by atoms with E-state index in [0.717, 1.165) is 62.4 Å². The number of aromatic hydroxyl groups is 1. The zero-order chi connectivity index (χ0) is 37.9. The van der Waals surface area contributed by atoms with E-state index in [1.165, 1.54) is 27.2 Å². The van der Waals surface area contributed by atoms with Crippen molar-refractivity contribution in [1.82, 2.24) is 25.3 Å². The van der Waals surface area contributed by atoms with Crippen LogP contribution in [0.3, 0.4) is 0 Å². The Kier molecular flexibility index (Phi) is 10.6. The third kappa shape index (κ3) is 8.13. The lowest BCUT2D eigenvalue weighted by Gasteiger charge is -2.35. The first-order valence-corrected chi connectivity index (χ1v) is 19.4. The van der Waals surface area contributed by atoms with E-state index in [1.54, 1.807) is 12.1 Å². The maximum Gasteiger partial charge on any atom is 0.255 e. The van der Waals surface area contributed by atoms with Crippen molar-refractivity contribution in [3.05, 3.63) is 130 Å². The average Bonchev–Trinajstić information content (AvgIpc) is 3.52. The van der Waals surface area contributed by atoms with Crippen LogP contribution in [-0.2, 0) is 33.9 Å². The van der Waals surface area contributed by atoms with Gasteiger partial charge in [-0.1, -0.05) is 60.7 Å². The Balaban J connectivity index is 0.773. The minimum Gasteiger partial charge on any atom is -0.508 e. The van der Waals surface area contributed by atoms with Gasteiger partial charge in [0.05, 0.1) is 6.54 Å². The van der Waals surface area contributed by atoms with Gasteiger partial charge in [-0.3, -0.25) is 34.3 Å². The molecule has 4 aromatic rings. The van der Waals surface area contributed by atoms with E-state index in [0.29, 0.717) is 49.9 Å². The lowest BCUT2D eigenvalue weighted by Crippen LogP contribution is -2.52. The maximum absolute atomic E-state index is 13.0. The van der Waals surface area contributed by atoms with E-state index in [-0.39, 0.29) is 30.1 Å². The number of carbonyl (C=O) groups excluding carboxylic acids is 4. The van der Waals surface area contributed by atoms with E-state index in [1.807, 2.05) is 18.2 Å². The van der Waals surface area contributed by atoms with Crippen LogP contribution >= 0.6 is 0 Å². The molecule has 3 atom stereocenters. The molecule has 11 heteroatoms. The van der Waals surface area contributed by atoms with Gasteiger partial charge in [0.25, 0.3) is 5.91 Å². The highest BCUT2D eigenvalue weighted by Gasteiger charge is 2.39. The Hall–Kier alpha value is -5.52. The number of imide groups is 1. The number of piperidine rings is 1. The minimum absolute atomic E-state index is 0.0491. The molecule has 2 saturated heterocycles. The molecular weight excluding hydrogens is 695 g/mol.